The van der Waals surface area contributed by atoms with Crippen molar-refractivity contribution in [1.82, 2.24) is 15.2 Å². The summed E-state index contributed by atoms with van der Waals surface area (Å²) >= 11 is 0. The minimum absolute atomic E-state index is 0. The molecule has 0 atom stereocenters. The van der Waals surface area contributed by atoms with Crippen molar-refractivity contribution in [2.45, 2.75) is 38.8 Å². The molecule has 1 fully saturated rings. The summed E-state index contributed by atoms with van der Waals surface area (Å²) in [5, 5.41) is 4.71. The molecule has 2 aromatic rings. The van der Waals surface area contributed by atoms with E-state index >= 15 is 0 Å². The predicted octanol–water partition coefficient (Wildman–Crippen LogP) is 3.62. The lowest BCUT2D eigenvalue weighted by Gasteiger charge is -2.34. The Balaban J connectivity index is 0.00000176. The lowest BCUT2D eigenvalue weighted by Crippen LogP contribution is -2.43. The van der Waals surface area contributed by atoms with Crippen LogP contribution in [0.25, 0.3) is 10.9 Å². The van der Waals surface area contributed by atoms with Gasteiger partial charge in [0.15, 0.2) is 0 Å². The Kier molecular flexibility index (Phi) is 6.62. The molecule has 22 heavy (non-hydrogen) atoms. The van der Waals surface area contributed by atoms with Gasteiger partial charge in [0.05, 0.1) is 5.52 Å². The molecule has 0 amide bonds. The summed E-state index contributed by atoms with van der Waals surface area (Å²) in [5.41, 5.74) is 2.49. The Hall–Kier alpha value is -1.16. The summed E-state index contributed by atoms with van der Waals surface area (Å²) < 4.78 is 0. The molecule has 0 saturated carbocycles. The second kappa shape index (κ2) is 8.47. The first kappa shape index (κ1) is 17.2. The van der Waals surface area contributed by atoms with Crippen LogP contribution in [-0.2, 0) is 6.54 Å². The minimum Gasteiger partial charge on any atom is -0.317 e. The first-order valence-electron chi connectivity index (χ1n) is 8.15. The number of benzene rings is 1. The number of hydrogen-bond acceptors (Lipinski definition) is 3. The first-order valence-corrected chi connectivity index (χ1v) is 8.15. The van der Waals surface area contributed by atoms with Gasteiger partial charge >= 0.3 is 0 Å². The van der Waals surface area contributed by atoms with Gasteiger partial charge in [0.2, 0.25) is 0 Å². The fourth-order valence-corrected chi connectivity index (χ4v) is 3.31. The normalized spacial score (nSPS) is 15.9. The van der Waals surface area contributed by atoms with Crippen molar-refractivity contribution in [1.29, 1.82) is 0 Å². The Morgan fingerprint density at radius 3 is 2.82 bits per heavy atom. The highest BCUT2D eigenvalue weighted by Crippen LogP contribution is 2.19. The number of hydrogen-bond donors (Lipinski definition) is 1. The molecule has 0 aliphatic carbocycles. The molecule has 1 saturated heterocycles. The minimum atomic E-state index is 0. The lowest BCUT2D eigenvalue weighted by atomic mass is 10.0. The van der Waals surface area contributed by atoms with Crippen molar-refractivity contribution in [2.24, 2.45) is 0 Å². The van der Waals surface area contributed by atoms with Crippen molar-refractivity contribution in [2.75, 3.05) is 19.6 Å². The van der Waals surface area contributed by atoms with Gasteiger partial charge in [-0.15, -0.1) is 12.4 Å². The van der Waals surface area contributed by atoms with E-state index in [1.165, 1.54) is 36.8 Å². The molecule has 3 nitrogen and oxygen atoms in total. The van der Waals surface area contributed by atoms with Crippen LogP contribution in [0.4, 0.5) is 0 Å². The Labute approximate surface area is 139 Å². The van der Waals surface area contributed by atoms with Gasteiger partial charge < -0.3 is 5.32 Å². The van der Waals surface area contributed by atoms with Crippen LogP contribution in [0, 0.1) is 0 Å². The van der Waals surface area contributed by atoms with Crippen molar-refractivity contribution in [3.05, 3.63) is 42.1 Å². The molecule has 1 N–H and O–H groups in total. The maximum absolute atomic E-state index is 4.41. The highest BCUT2D eigenvalue weighted by molar-refractivity contribution is 5.85. The summed E-state index contributed by atoms with van der Waals surface area (Å²) in [7, 11) is 0. The zero-order valence-electron chi connectivity index (χ0n) is 13.3. The van der Waals surface area contributed by atoms with Gasteiger partial charge in [-0.1, -0.05) is 19.1 Å². The van der Waals surface area contributed by atoms with Crippen molar-refractivity contribution < 1.29 is 0 Å². The van der Waals surface area contributed by atoms with Crippen molar-refractivity contribution >= 4 is 23.3 Å². The number of nitrogens with zero attached hydrogens (tertiary/aromatic N) is 2. The summed E-state index contributed by atoms with van der Waals surface area (Å²) in [5.74, 6) is 0. The zero-order valence-corrected chi connectivity index (χ0v) is 14.1. The fourth-order valence-electron chi connectivity index (χ4n) is 3.31. The van der Waals surface area contributed by atoms with Crippen LogP contribution in [0.1, 0.15) is 31.7 Å². The molecule has 1 aliphatic heterocycles. The third-order valence-electron chi connectivity index (χ3n) is 4.39. The molecule has 0 radical (unpaired) electrons. The third-order valence-corrected chi connectivity index (χ3v) is 4.39. The quantitative estimate of drug-likeness (QED) is 0.912. The number of piperidine rings is 1. The number of aromatic nitrogens is 1. The van der Waals surface area contributed by atoms with Gasteiger partial charge in [-0.05, 0) is 62.7 Å². The average Bonchev–Trinajstić information content (AvgIpc) is 2.55. The highest BCUT2D eigenvalue weighted by Gasteiger charge is 2.20. The van der Waals surface area contributed by atoms with E-state index < -0.39 is 0 Å². The highest BCUT2D eigenvalue weighted by atomic mass is 35.5. The van der Waals surface area contributed by atoms with Crippen LogP contribution in [0.3, 0.4) is 0 Å². The molecule has 120 valence electrons. The van der Waals surface area contributed by atoms with Crippen LogP contribution in [0.15, 0.2) is 36.5 Å². The topological polar surface area (TPSA) is 28.2 Å². The van der Waals surface area contributed by atoms with E-state index in [9.17, 15) is 0 Å². The molecule has 0 unspecified atom stereocenters. The van der Waals surface area contributed by atoms with Gasteiger partial charge in [0.25, 0.3) is 0 Å². The van der Waals surface area contributed by atoms with Crippen LogP contribution >= 0.6 is 12.4 Å². The maximum Gasteiger partial charge on any atom is 0.0702 e. The second-order valence-corrected chi connectivity index (χ2v) is 5.98. The molecular weight excluding hydrogens is 294 g/mol. The van der Waals surface area contributed by atoms with Crippen molar-refractivity contribution in [3.8, 4) is 0 Å². The van der Waals surface area contributed by atoms with E-state index in [2.05, 4.69) is 46.4 Å². The summed E-state index contributed by atoms with van der Waals surface area (Å²) in [6.07, 6.45) is 5.63. The van der Waals surface area contributed by atoms with Crippen molar-refractivity contribution in [3.63, 3.8) is 0 Å². The fraction of sp³-hybridized carbons (Fsp3) is 0.500. The van der Waals surface area contributed by atoms with Crippen LogP contribution < -0.4 is 5.32 Å². The van der Waals surface area contributed by atoms with Crippen LogP contribution in [0.5, 0.6) is 0 Å². The van der Waals surface area contributed by atoms with E-state index in [0.29, 0.717) is 0 Å². The monoisotopic (exact) mass is 319 g/mol. The SMILES string of the molecule is CCCN(Cc1ccc2ncccc2c1)C1CCNCC1.Cl. The molecule has 1 aromatic carbocycles. The number of rotatable bonds is 5. The van der Waals surface area contributed by atoms with Gasteiger partial charge in [0.1, 0.15) is 0 Å². The summed E-state index contributed by atoms with van der Waals surface area (Å²) in [6, 6.07) is 11.6. The molecule has 0 spiro atoms. The summed E-state index contributed by atoms with van der Waals surface area (Å²) in [6.45, 7) is 6.84. The number of halogens is 1. The predicted molar refractivity (Wildman–Crippen MR) is 95.6 cm³/mol. The van der Waals surface area contributed by atoms with Crippen LogP contribution in [0.2, 0.25) is 0 Å². The zero-order chi connectivity index (χ0) is 14.5. The van der Waals surface area contributed by atoms with E-state index in [4.69, 9.17) is 0 Å². The maximum atomic E-state index is 4.41. The Morgan fingerprint density at radius 1 is 1.23 bits per heavy atom. The third kappa shape index (κ3) is 4.19. The molecule has 3 rings (SSSR count). The summed E-state index contributed by atoms with van der Waals surface area (Å²) in [4.78, 5) is 7.07. The molecule has 0 bridgehead atoms. The largest absolute Gasteiger partial charge is 0.317 e. The second-order valence-electron chi connectivity index (χ2n) is 5.98. The standard InChI is InChI=1S/C18H25N3.ClH/c1-2-12-21(17-7-10-19-11-8-17)14-15-5-6-18-16(13-15)4-3-9-20-18;/h3-6,9,13,17,19H,2,7-8,10-12,14H2,1H3;1H. The van der Waals surface area contributed by atoms with Gasteiger partial charge in [-0.2, -0.15) is 0 Å². The molecular formula is C18H26ClN3. The van der Waals surface area contributed by atoms with Gasteiger partial charge in [-0.25, -0.2) is 0 Å². The number of nitrogens with one attached hydrogen (secondary N) is 1. The van der Waals surface area contributed by atoms with E-state index in [0.717, 1.165) is 31.2 Å². The molecule has 2 heterocycles. The average molecular weight is 320 g/mol. The molecule has 1 aliphatic rings. The van der Waals surface area contributed by atoms with Gasteiger partial charge in [0, 0.05) is 24.2 Å². The molecule has 4 heteroatoms. The Bertz CT molecular complexity index is 581. The number of pyridine rings is 1. The molecule has 1 aromatic heterocycles. The Morgan fingerprint density at radius 2 is 2.05 bits per heavy atom. The first-order chi connectivity index (χ1) is 10.4. The smallest absolute Gasteiger partial charge is 0.0702 e. The van der Waals surface area contributed by atoms with E-state index in [1.54, 1.807) is 0 Å². The lowest BCUT2D eigenvalue weighted by molar-refractivity contribution is 0.154. The van der Waals surface area contributed by atoms with E-state index in [-0.39, 0.29) is 12.4 Å². The number of fused-ring (bicyclic) bond motifs is 1. The van der Waals surface area contributed by atoms with Gasteiger partial charge in [-0.3, -0.25) is 9.88 Å². The van der Waals surface area contributed by atoms with E-state index in [1.807, 2.05) is 12.3 Å². The van der Waals surface area contributed by atoms with Crippen LogP contribution in [-0.4, -0.2) is 35.6 Å².